The summed E-state index contributed by atoms with van der Waals surface area (Å²) in [5, 5.41) is 2.49. The van der Waals surface area contributed by atoms with Crippen molar-refractivity contribution in [3.8, 4) is 11.5 Å². The first kappa shape index (κ1) is 21.4. The molecule has 0 aromatic heterocycles. The molecule has 0 atom stereocenters. The van der Waals surface area contributed by atoms with Gasteiger partial charge >= 0.3 is 6.03 Å². The van der Waals surface area contributed by atoms with E-state index in [0.717, 1.165) is 16.0 Å². The monoisotopic (exact) mass is 428 g/mol. The van der Waals surface area contributed by atoms with Crippen LogP contribution < -0.4 is 19.7 Å². The van der Waals surface area contributed by atoms with Crippen molar-refractivity contribution in [3.05, 3.63) is 57.6 Å². The highest BCUT2D eigenvalue weighted by Crippen LogP contribution is 2.37. The lowest BCUT2D eigenvalue weighted by atomic mass is 10.0. The number of carbonyl (C=O) groups excluding carboxylic acids is 3. The van der Waals surface area contributed by atoms with Gasteiger partial charge in [-0.1, -0.05) is 23.7 Å². The standard InChI is InChI=1S/C22H21ClN2O5/c1-5-30-18-11-14(10-16(23)19(18)29-4)9-15-20(26)24-22(28)25(21(15)27)17-8-12(2)6-7-13(17)3/h6-11H,5H2,1-4H3,(H,24,26,28)/b15-9+. The molecular weight excluding hydrogens is 408 g/mol. The number of carbonyl (C=O) groups is 3. The van der Waals surface area contributed by atoms with Crippen LogP contribution in [0.4, 0.5) is 10.5 Å². The first-order chi connectivity index (χ1) is 14.3. The van der Waals surface area contributed by atoms with Gasteiger partial charge in [-0.2, -0.15) is 0 Å². The van der Waals surface area contributed by atoms with Crippen LogP contribution in [0.5, 0.6) is 11.5 Å². The number of urea groups is 1. The molecule has 3 rings (SSSR count). The molecule has 1 saturated heterocycles. The molecule has 30 heavy (non-hydrogen) atoms. The summed E-state index contributed by atoms with van der Waals surface area (Å²) in [6, 6.07) is 7.77. The van der Waals surface area contributed by atoms with Crippen LogP contribution in [-0.4, -0.2) is 31.6 Å². The highest BCUT2D eigenvalue weighted by molar-refractivity contribution is 6.39. The molecule has 7 nitrogen and oxygen atoms in total. The number of nitrogens with one attached hydrogen (secondary N) is 1. The van der Waals surface area contributed by atoms with E-state index in [2.05, 4.69) is 5.32 Å². The minimum absolute atomic E-state index is 0.195. The van der Waals surface area contributed by atoms with Crippen molar-refractivity contribution in [2.75, 3.05) is 18.6 Å². The van der Waals surface area contributed by atoms with Crippen molar-refractivity contribution in [1.29, 1.82) is 0 Å². The number of amides is 4. The van der Waals surface area contributed by atoms with Crippen molar-refractivity contribution in [2.45, 2.75) is 20.8 Å². The van der Waals surface area contributed by atoms with E-state index >= 15 is 0 Å². The molecular formula is C22H21ClN2O5. The molecule has 0 saturated carbocycles. The number of methoxy groups -OCH3 is 1. The number of nitrogens with zero attached hydrogens (tertiary/aromatic N) is 1. The lowest BCUT2D eigenvalue weighted by molar-refractivity contribution is -0.122. The van der Waals surface area contributed by atoms with Crippen LogP contribution in [0, 0.1) is 13.8 Å². The molecule has 1 aliphatic rings. The van der Waals surface area contributed by atoms with Gasteiger partial charge in [0.1, 0.15) is 5.57 Å². The first-order valence-corrected chi connectivity index (χ1v) is 9.63. The Bertz CT molecular complexity index is 1080. The van der Waals surface area contributed by atoms with Gasteiger partial charge in [0, 0.05) is 0 Å². The molecule has 1 aliphatic heterocycles. The largest absolute Gasteiger partial charge is 0.491 e. The maximum Gasteiger partial charge on any atom is 0.335 e. The normalized spacial score (nSPS) is 15.4. The first-order valence-electron chi connectivity index (χ1n) is 9.25. The summed E-state index contributed by atoms with van der Waals surface area (Å²) < 4.78 is 10.8. The van der Waals surface area contributed by atoms with Crippen molar-refractivity contribution in [1.82, 2.24) is 5.32 Å². The van der Waals surface area contributed by atoms with Gasteiger partial charge in [0.15, 0.2) is 11.5 Å². The smallest absolute Gasteiger partial charge is 0.335 e. The van der Waals surface area contributed by atoms with Crippen LogP contribution in [0.25, 0.3) is 6.08 Å². The van der Waals surface area contributed by atoms with Gasteiger partial charge in [-0.3, -0.25) is 14.9 Å². The fourth-order valence-corrected chi connectivity index (χ4v) is 3.43. The lowest BCUT2D eigenvalue weighted by Gasteiger charge is -2.27. The maximum absolute atomic E-state index is 13.1. The number of anilines is 1. The molecule has 156 valence electrons. The number of hydrogen-bond acceptors (Lipinski definition) is 5. The second-order valence-electron chi connectivity index (χ2n) is 6.71. The van der Waals surface area contributed by atoms with Gasteiger partial charge in [0.05, 0.1) is 24.4 Å². The molecule has 1 heterocycles. The fourth-order valence-electron chi connectivity index (χ4n) is 3.14. The zero-order valence-corrected chi connectivity index (χ0v) is 17.8. The minimum Gasteiger partial charge on any atom is -0.491 e. The van der Waals surface area contributed by atoms with Crippen LogP contribution in [0.15, 0.2) is 35.9 Å². The summed E-state index contributed by atoms with van der Waals surface area (Å²) in [5.74, 6) is -0.767. The molecule has 4 amide bonds. The van der Waals surface area contributed by atoms with E-state index in [1.54, 1.807) is 25.1 Å². The third-order valence-corrected chi connectivity index (χ3v) is 4.83. The molecule has 0 aliphatic carbocycles. The Balaban J connectivity index is 2.08. The van der Waals surface area contributed by atoms with E-state index in [4.69, 9.17) is 21.1 Å². The van der Waals surface area contributed by atoms with Gasteiger partial charge in [-0.15, -0.1) is 0 Å². The predicted molar refractivity (Wildman–Crippen MR) is 114 cm³/mol. The third kappa shape index (κ3) is 4.02. The number of rotatable bonds is 5. The number of hydrogen-bond donors (Lipinski definition) is 1. The van der Waals surface area contributed by atoms with Crippen LogP contribution in [0.2, 0.25) is 5.02 Å². The number of imide groups is 2. The SMILES string of the molecule is CCOc1cc(/C=C2\C(=O)NC(=O)N(c3cc(C)ccc3C)C2=O)cc(Cl)c1OC. The van der Waals surface area contributed by atoms with Gasteiger partial charge in [0.2, 0.25) is 0 Å². The Morgan fingerprint density at radius 3 is 2.53 bits per heavy atom. The minimum atomic E-state index is -0.793. The third-order valence-electron chi connectivity index (χ3n) is 4.55. The van der Waals surface area contributed by atoms with Crippen LogP contribution >= 0.6 is 11.6 Å². The summed E-state index contributed by atoms with van der Waals surface area (Å²) in [5.41, 5.74) is 2.28. The molecule has 2 aromatic carbocycles. The van der Waals surface area contributed by atoms with Gasteiger partial charge < -0.3 is 9.47 Å². The molecule has 8 heteroatoms. The number of halogens is 1. The van der Waals surface area contributed by atoms with Gasteiger partial charge in [-0.05, 0) is 61.7 Å². The van der Waals surface area contributed by atoms with E-state index in [1.165, 1.54) is 13.2 Å². The van der Waals surface area contributed by atoms with Crippen LogP contribution in [-0.2, 0) is 9.59 Å². The summed E-state index contributed by atoms with van der Waals surface area (Å²) in [7, 11) is 1.47. The average Bonchev–Trinajstić information content (AvgIpc) is 2.68. The van der Waals surface area contributed by atoms with E-state index in [1.807, 2.05) is 26.0 Å². The summed E-state index contributed by atoms with van der Waals surface area (Å²) in [6.45, 7) is 5.82. The van der Waals surface area contributed by atoms with Crippen molar-refractivity contribution in [3.63, 3.8) is 0 Å². The van der Waals surface area contributed by atoms with E-state index in [9.17, 15) is 14.4 Å². The van der Waals surface area contributed by atoms with Crippen molar-refractivity contribution < 1.29 is 23.9 Å². The number of benzene rings is 2. The number of aryl methyl sites for hydroxylation is 2. The summed E-state index contributed by atoms with van der Waals surface area (Å²) in [4.78, 5) is 39.0. The van der Waals surface area contributed by atoms with E-state index < -0.39 is 17.8 Å². The Hall–Kier alpha value is -3.32. The lowest BCUT2D eigenvalue weighted by Crippen LogP contribution is -2.54. The zero-order chi connectivity index (χ0) is 22.0. The Kier molecular flexibility index (Phi) is 6.12. The summed E-state index contributed by atoms with van der Waals surface area (Å²) in [6.07, 6.45) is 1.37. The zero-order valence-electron chi connectivity index (χ0n) is 17.0. The Morgan fingerprint density at radius 2 is 1.87 bits per heavy atom. The average molecular weight is 429 g/mol. The Labute approximate surface area is 179 Å². The quantitative estimate of drug-likeness (QED) is 0.574. The highest BCUT2D eigenvalue weighted by Gasteiger charge is 2.37. The van der Waals surface area contributed by atoms with E-state index in [0.29, 0.717) is 29.4 Å². The second-order valence-corrected chi connectivity index (χ2v) is 7.12. The molecule has 0 unspecified atom stereocenters. The molecule has 1 N–H and O–H groups in total. The number of barbiturate groups is 1. The molecule has 0 spiro atoms. The topological polar surface area (TPSA) is 84.9 Å². The molecule has 0 radical (unpaired) electrons. The molecule has 1 fully saturated rings. The number of ether oxygens (including phenoxy) is 2. The van der Waals surface area contributed by atoms with Crippen molar-refractivity contribution in [2.24, 2.45) is 0 Å². The predicted octanol–water partition coefficient (Wildman–Crippen LogP) is 4.03. The molecule has 2 aromatic rings. The van der Waals surface area contributed by atoms with Crippen LogP contribution in [0.3, 0.4) is 0 Å². The van der Waals surface area contributed by atoms with Crippen molar-refractivity contribution >= 4 is 41.2 Å². The molecule has 0 bridgehead atoms. The van der Waals surface area contributed by atoms with Crippen LogP contribution in [0.1, 0.15) is 23.6 Å². The second kappa shape index (κ2) is 8.59. The van der Waals surface area contributed by atoms with E-state index in [-0.39, 0.29) is 10.6 Å². The highest BCUT2D eigenvalue weighted by atomic mass is 35.5. The van der Waals surface area contributed by atoms with Gasteiger partial charge in [0.25, 0.3) is 11.8 Å². The van der Waals surface area contributed by atoms with Gasteiger partial charge in [-0.25, -0.2) is 9.69 Å². The summed E-state index contributed by atoms with van der Waals surface area (Å²) >= 11 is 6.26. The fraction of sp³-hybridized carbons (Fsp3) is 0.227. The Morgan fingerprint density at radius 1 is 1.13 bits per heavy atom. The maximum atomic E-state index is 13.1.